The topological polar surface area (TPSA) is 80.5 Å². The highest BCUT2D eigenvalue weighted by molar-refractivity contribution is 7.85. The lowest BCUT2D eigenvalue weighted by Crippen LogP contribution is -2.61. The van der Waals surface area contributed by atoms with E-state index in [4.69, 9.17) is 15.5 Å². The van der Waals surface area contributed by atoms with Gasteiger partial charge in [0.2, 0.25) is 0 Å². The zero-order chi connectivity index (χ0) is 21.6. The summed E-state index contributed by atoms with van der Waals surface area (Å²) in [7, 11) is -1.16. The van der Waals surface area contributed by atoms with Crippen LogP contribution in [0.25, 0.3) is 10.9 Å². The molecule has 0 aliphatic carbocycles. The van der Waals surface area contributed by atoms with E-state index >= 15 is 0 Å². The first-order valence-electron chi connectivity index (χ1n) is 10.3. The smallest absolute Gasteiger partial charge is 0.131 e. The number of rotatable bonds is 4. The Morgan fingerprint density at radius 3 is 2.87 bits per heavy atom. The lowest BCUT2D eigenvalue weighted by atomic mass is 9.99. The minimum absolute atomic E-state index is 0.321. The Morgan fingerprint density at radius 1 is 1.26 bits per heavy atom. The van der Waals surface area contributed by atoms with Crippen molar-refractivity contribution in [2.75, 3.05) is 42.3 Å². The third-order valence-electron chi connectivity index (χ3n) is 5.86. The fourth-order valence-corrected chi connectivity index (χ4v) is 5.29. The minimum Gasteiger partial charge on any atom is -0.382 e. The average Bonchev–Trinajstić information content (AvgIpc) is 2.89. The zero-order valence-electron chi connectivity index (χ0n) is 17.4. The van der Waals surface area contributed by atoms with Gasteiger partial charge in [-0.1, -0.05) is 11.6 Å². The number of nitrogens with one attached hydrogen (secondary N) is 1. The highest BCUT2D eigenvalue weighted by Crippen LogP contribution is 2.31. The van der Waals surface area contributed by atoms with Gasteiger partial charge in [-0.25, -0.2) is 9.37 Å². The van der Waals surface area contributed by atoms with E-state index in [-0.39, 0.29) is 11.4 Å². The van der Waals surface area contributed by atoms with Gasteiger partial charge in [-0.15, -0.1) is 0 Å². The van der Waals surface area contributed by atoms with Crippen molar-refractivity contribution in [3.8, 4) is 0 Å². The number of aryl methyl sites for hydroxylation is 1. The summed E-state index contributed by atoms with van der Waals surface area (Å²) in [5.74, 6) is 0.917. The molecule has 0 radical (unpaired) electrons. The number of halogens is 1. The third-order valence-corrected chi connectivity index (χ3v) is 7.30. The number of nitrogens with two attached hydrogens (primary N) is 1. The van der Waals surface area contributed by atoms with E-state index in [0.717, 1.165) is 33.5 Å². The monoisotopic (exact) mass is 440 g/mol. The molecule has 2 aliphatic heterocycles. The van der Waals surface area contributed by atoms with Gasteiger partial charge in [-0.05, 0) is 42.8 Å². The van der Waals surface area contributed by atoms with Crippen molar-refractivity contribution in [2.24, 2.45) is 5.73 Å². The summed E-state index contributed by atoms with van der Waals surface area (Å²) in [6.07, 6.45) is 0. The summed E-state index contributed by atoms with van der Waals surface area (Å²) >= 11 is 0. The van der Waals surface area contributed by atoms with Crippen LogP contribution in [0.3, 0.4) is 0 Å². The summed E-state index contributed by atoms with van der Waals surface area (Å²) < 4.78 is 31.8. The molecule has 3 heterocycles. The third kappa shape index (κ3) is 4.03. The summed E-state index contributed by atoms with van der Waals surface area (Å²) in [4.78, 5) is 7.65. The summed E-state index contributed by atoms with van der Waals surface area (Å²) in [6, 6.07) is 12.6. The van der Waals surface area contributed by atoms with E-state index in [0.29, 0.717) is 43.5 Å². The van der Waals surface area contributed by atoms with Crippen molar-refractivity contribution in [2.45, 2.75) is 23.9 Å². The van der Waals surface area contributed by atoms with Crippen LogP contribution in [0.5, 0.6) is 0 Å². The molecule has 0 amide bonds. The van der Waals surface area contributed by atoms with Crippen molar-refractivity contribution < 1.29 is 13.3 Å². The fraction of sp³-hybridized carbons (Fsp3) is 0.348. The van der Waals surface area contributed by atoms with Gasteiger partial charge < -0.3 is 20.7 Å². The van der Waals surface area contributed by atoms with Crippen molar-refractivity contribution in [3.05, 3.63) is 59.4 Å². The molecule has 0 spiro atoms. The molecule has 5 rings (SSSR count). The highest BCUT2D eigenvalue weighted by Gasteiger charge is 2.34. The van der Waals surface area contributed by atoms with Crippen molar-refractivity contribution in [1.29, 1.82) is 0 Å². The molecule has 31 heavy (non-hydrogen) atoms. The van der Waals surface area contributed by atoms with Crippen LogP contribution in [0.2, 0.25) is 0 Å². The van der Waals surface area contributed by atoms with E-state index in [1.165, 1.54) is 12.1 Å². The largest absolute Gasteiger partial charge is 0.382 e. The normalized spacial score (nSPS) is 20.1. The Balaban J connectivity index is 1.53. The molecule has 2 aliphatic rings. The standard InChI is InChI=1S/C23H25FN4O2S/c1-15-2-4-19-18(8-15)20(26-12-23(25)13-30-14-23)10-22(27-19)28-6-7-31(29)21-5-3-17(24)9-16(21)11-28/h2-5,8-10H,6-7,11-14,25H2,1H3,(H,26,27). The SMILES string of the molecule is Cc1ccc2nc(N3CCS(=O)c4ccc(F)cc4C3)cc(NCC3(N)COC3)c2c1. The van der Waals surface area contributed by atoms with Gasteiger partial charge in [0, 0.05) is 47.4 Å². The summed E-state index contributed by atoms with van der Waals surface area (Å²) in [5, 5.41) is 4.52. The first kappa shape index (κ1) is 20.4. The maximum atomic E-state index is 13.9. The summed E-state index contributed by atoms with van der Waals surface area (Å²) in [6.45, 7) is 4.75. The zero-order valence-corrected chi connectivity index (χ0v) is 18.2. The summed E-state index contributed by atoms with van der Waals surface area (Å²) in [5.41, 5.74) is 9.66. The van der Waals surface area contributed by atoms with Crippen LogP contribution in [0.4, 0.5) is 15.9 Å². The molecule has 162 valence electrons. The molecule has 1 unspecified atom stereocenters. The quantitative estimate of drug-likeness (QED) is 0.649. The Bertz CT molecular complexity index is 1180. The van der Waals surface area contributed by atoms with Crippen LogP contribution in [-0.4, -0.2) is 46.8 Å². The molecule has 1 fully saturated rings. The number of hydrogen-bond donors (Lipinski definition) is 2. The van der Waals surface area contributed by atoms with Crippen LogP contribution in [0.15, 0.2) is 47.4 Å². The number of nitrogens with zero attached hydrogens (tertiary/aromatic N) is 2. The molecule has 0 bridgehead atoms. The fourth-order valence-electron chi connectivity index (χ4n) is 4.05. The molecule has 1 atom stereocenters. The highest BCUT2D eigenvalue weighted by atomic mass is 32.2. The van der Waals surface area contributed by atoms with Gasteiger partial charge in [0.25, 0.3) is 0 Å². The van der Waals surface area contributed by atoms with Gasteiger partial charge in [-0.2, -0.15) is 0 Å². The predicted octanol–water partition coefficient (Wildman–Crippen LogP) is 2.95. The molecule has 2 aromatic carbocycles. The second-order valence-electron chi connectivity index (χ2n) is 8.48. The predicted molar refractivity (Wildman–Crippen MR) is 121 cm³/mol. The molecular formula is C23H25FN4O2S. The Labute approximate surface area is 183 Å². The molecule has 1 aromatic heterocycles. The second kappa shape index (κ2) is 7.85. The van der Waals surface area contributed by atoms with Crippen LogP contribution in [-0.2, 0) is 22.1 Å². The maximum Gasteiger partial charge on any atom is 0.131 e. The molecule has 1 saturated heterocycles. The molecule has 3 N–H and O–H groups in total. The van der Waals surface area contributed by atoms with E-state index in [9.17, 15) is 8.60 Å². The number of benzene rings is 2. The van der Waals surface area contributed by atoms with Gasteiger partial charge >= 0.3 is 0 Å². The van der Waals surface area contributed by atoms with Crippen molar-refractivity contribution in [3.63, 3.8) is 0 Å². The first-order valence-corrected chi connectivity index (χ1v) is 11.7. The number of fused-ring (bicyclic) bond motifs is 2. The van der Waals surface area contributed by atoms with Crippen LogP contribution in [0.1, 0.15) is 11.1 Å². The maximum absolute atomic E-state index is 13.9. The molecule has 8 heteroatoms. The van der Waals surface area contributed by atoms with Crippen LogP contribution < -0.4 is 16.0 Å². The molecule has 3 aromatic rings. The lowest BCUT2D eigenvalue weighted by Gasteiger charge is -2.38. The Kier molecular flexibility index (Phi) is 5.16. The van der Waals surface area contributed by atoms with E-state index < -0.39 is 10.8 Å². The number of aromatic nitrogens is 1. The number of ether oxygens (including phenoxy) is 1. The van der Waals surface area contributed by atoms with Gasteiger partial charge in [0.1, 0.15) is 11.6 Å². The van der Waals surface area contributed by atoms with Crippen molar-refractivity contribution >= 4 is 33.2 Å². The number of anilines is 2. The van der Waals surface area contributed by atoms with E-state index in [1.54, 1.807) is 6.07 Å². The average molecular weight is 441 g/mol. The number of hydrogen-bond acceptors (Lipinski definition) is 6. The lowest BCUT2D eigenvalue weighted by molar-refractivity contribution is -0.0461. The number of pyridine rings is 1. The minimum atomic E-state index is -1.16. The van der Waals surface area contributed by atoms with Crippen LogP contribution in [0, 0.1) is 12.7 Å². The second-order valence-corrected chi connectivity index (χ2v) is 10.0. The molecule has 6 nitrogen and oxygen atoms in total. The van der Waals surface area contributed by atoms with Gasteiger partial charge in [0.05, 0.1) is 35.1 Å². The van der Waals surface area contributed by atoms with Gasteiger partial charge in [-0.3, -0.25) is 4.21 Å². The molecular weight excluding hydrogens is 415 g/mol. The van der Waals surface area contributed by atoms with Crippen molar-refractivity contribution in [1.82, 2.24) is 4.98 Å². The van der Waals surface area contributed by atoms with Crippen LogP contribution >= 0.6 is 0 Å². The van der Waals surface area contributed by atoms with E-state index in [2.05, 4.69) is 23.2 Å². The Morgan fingerprint density at radius 2 is 2.10 bits per heavy atom. The first-order chi connectivity index (χ1) is 14.9. The Hall–Kier alpha value is -2.55. The van der Waals surface area contributed by atoms with Gasteiger partial charge in [0.15, 0.2) is 0 Å². The molecule has 0 saturated carbocycles. The van der Waals surface area contributed by atoms with E-state index in [1.807, 2.05) is 18.2 Å².